The van der Waals surface area contributed by atoms with Gasteiger partial charge in [0.15, 0.2) is 15.8 Å². The highest BCUT2D eigenvalue weighted by Crippen LogP contribution is 2.22. The van der Waals surface area contributed by atoms with Gasteiger partial charge in [0, 0.05) is 17.8 Å². The Labute approximate surface area is 171 Å². The van der Waals surface area contributed by atoms with Crippen molar-refractivity contribution in [2.75, 3.05) is 26.0 Å². The first-order chi connectivity index (χ1) is 13.3. The maximum absolute atomic E-state index is 11.5. The van der Waals surface area contributed by atoms with Gasteiger partial charge in [-0.05, 0) is 49.7 Å². The highest BCUT2D eigenvalue weighted by molar-refractivity contribution is 7.90. The first-order valence-corrected chi connectivity index (χ1v) is 11.3. The Kier molecular flexibility index (Phi) is 8.14. The Morgan fingerprint density at radius 1 is 1.18 bits per heavy atom. The molecular weight excluding hydrogens is 398 g/mol. The van der Waals surface area contributed by atoms with Gasteiger partial charge in [0.05, 0.1) is 17.5 Å². The van der Waals surface area contributed by atoms with Crippen LogP contribution in [0, 0.1) is 0 Å². The smallest absolute Gasteiger partial charge is 0.191 e. The lowest BCUT2D eigenvalue weighted by molar-refractivity contribution is 0.328. The van der Waals surface area contributed by atoms with Gasteiger partial charge in [0.2, 0.25) is 0 Å². The fraction of sp³-hybridized carbons (Fsp3) is 0.350. The van der Waals surface area contributed by atoms with Crippen molar-refractivity contribution >= 4 is 27.4 Å². The SMILES string of the molecule is CCNC(=NCCOc1ccc(S(C)(=O)=O)cc1)NC(C)c1ccccc1Cl. The van der Waals surface area contributed by atoms with Crippen LogP contribution in [0.3, 0.4) is 0 Å². The monoisotopic (exact) mass is 423 g/mol. The summed E-state index contributed by atoms with van der Waals surface area (Å²) in [7, 11) is -3.20. The molecule has 6 nitrogen and oxygen atoms in total. The molecule has 1 atom stereocenters. The first kappa shape index (κ1) is 22.0. The maximum Gasteiger partial charge on any atom is 0.191 e. The minimum Gasteiger partial charge on any atom is -0.492 e. The third-order valence-electron chi connectivity index (χ3n) is 3.95. The van der Waals surface area contributed by atoms with E-state index in [1.54, 1.807) is 12.1 Å². The molecule has 2 N–H and O–H groups in total. The highest BCUT2D eigenvalue weighted by atomic mass is 35.5. The zero-order valence-corrected chi connectivity index (χ0v) is 17.8. The predicted octanol–water partition coefficient (Wildman–Crippen LogP) is 3.44. The number of halogens is 1. The molecule has 0 aliphatic carbocycles. The first-order valence-electron chi connectivity index (χ1n) is 9.03. The van der Waals surface area contributed by atoms with Crippen LogP contribution in [-0.4, -0.2) is 40.3 Å². The molecule has 2 aromatic carbocycles. The third-order valence-corrected chi connectivity index (χ3v) is 5.42. The molecule has 0 aromatic heterocycles. The van der Waals surface area contributed by atoms with Gasteiger partial charge in [0.1, 0.15) is 12.4 Å². The summed E-state index contributed by atoms with van der Waals surface area (Å²) in [6.07, 6.45) is 1.18. The summed E-state index contributed by atoms with van der Waals surface area (Å²) in [6.45, 7) is 5.56. The van der Waals surface area contributed by atoms with Crippen molar-refractivity contribution in [1.29, 1.82) is 0 Å². The van der Waals surface area contributed by atoms with Crippen molar-refractivity contribution in [3.63, 3.8) is 0 Å². The lowest BCUT2D eigenvalue weighted by Crippen LogP contribution is -2.39. The van der Waals surface area contributed by atoms with Crippen LogP contribution in [0.4, 0.5) is 0 Å². The number of nitrogens with zero attached hydrogens (tertiary/aromatic N) is 1. The molecule has 8 heteroatoms. The van der Waals surface area contributed by atoms with Gasteiger partial charge in [-0.1, -0.05) is 29.8 Å². The lowest BCUT2D eigenvalue weighted by Gasteiger charge is -2.19. The molecule has 1 unspecified atom stereocenters. The quantitative estimate of drug-likeness (QED) is 0.386. The minimum atomic E-state index is -3.20. The van der Waals surface area contributed by atoms with E-state index in [1.165, 1.54) is 18.4 Å². The standard InChI is InChI=1S/C20H26ClN3O3S/c1-4-22-20(24-15(2)18-7-5-6-8-19(18)21)23-13-14-27-16-9-11-17(12-10-16)28(3,25)26/h5-12,15H,4,13-14H2,1-3H3,(H2,22,23,24). The molecule has 0 heterocycles. The van der Waals surface area contributed by atoms with Gasteiger partial charge >= 0.3 is 0 Å². The summed E-state index contributed by atoms with van der Waals surface area (Å²) < 4.78 is 28.6. The van der Waals surface area contributed by atoms with Crippen LogP contribution in [0.2, 0.25) is 5.02 Å². The fourth-order valence-electron chi connectivity index (χ4n) is 2.53. The second-order valence-electron chi connectivity index (χ2n) is 6.24. The number of ether oxygens (including phenoxy) is 1. The summed E-state index contributed by atoms with van der Waals surface area (Å²) in [5.74, 6) is 1.27. The summed E-state index contributed by atoms with van der Waals surface area (Å²) in [5.41, 5.74) is 0.997. The molecule has 2 aromatic rings. The Bertz CT molecular complexity index is 899. The molecule has 152 valence electrons. The van der Waals surface area contributed by atoms with Crippen LogP contribution in [0.25, 0.3) is 0 Å². The highest BCUT2D eigenvalue weighted by Gasteiger charge is 2.10. The molecule has 2 rings (SSSR count). The zero-order valence-electron chi connectivity index (χ0n) is 16.3. The van der Waals surface area contributed by atoms with Crippen molar-refractivity contribution in [3.8, 4) is 5.75 Å². The Morgan fingerprint density at radius 2 is 1.86 bits per heavy atom. The van der Waals surface area contributed by atoms with Crippen LogP contribution >= 0.6 is 11.6 Å². The number of benzene rings is 2. The normalized spacial score (nSPS) is 13.1. The van der Waals surface area contributed by atoms with Gasteiger partial charge in [-0.15, -0.1) is 0 Å². The average molecular weight is 424 g/mol. The maximum atomic E-state index is 11.5. The van der Waals surface area contributed by atoms with Crippen LogP contribution in [-0.2, 0) is 9.84 Å². The van der Waals surface area contributed by atoms with Crippen molar-refractivity contribution in [2.45, 2.75) is 24.8 Å². The van der Waals surface area contributed by atoms with E-state index in [4.69, 9.17) is 16.3 Å². The van der Waals surface area contributed by atoms with Gasteiger partial charge in [-0.25, -0.2) is 13.4 Å². The van der Waals surface area contributed by atoms with E-state index >= 15 is 0 Å². The largest absolute Gasteiger partial charge is 0.492 e. The van der Waals surface area contributed by atoms with Crippen LogP contribution < -0.4 is 15.4 Å². The number of nitrogens with one attached hydrogen (secondary N) is 2. The van der Waals surface area contributed by atoms with E-state index < -0.39 is 9.84 Å². The van der Waals surface area contributed by atoms with E-state index in [-0.39, 0.29) is 10.9 Å². The van der Waals surface area contributed by atoms with Crippen molar-refractivity contribution in [2.24, 2.45) is 4.99 Å². The fourth-order valence-corrected chi connectivity index (χ4v) is 3.46. The average Bonchev–Trinajstić information content (AvgIpc) is 2.65. The summed E-state index contributed by atoms with van der Waals surface area (Å²) in [4.78, 5) is 4.78. The molecule has 0 saturated heterocycles. The molecular formula is C20H26ClN3O3S. The molecule has 0 amide bonds. The lowest BCUT2D eigenvalue weighted by atomic mass is 10.1. The Morgan fingerprint density at radius 3 is 2.46 bits per heavy atom. The number of sulfone groups is 1. The van der Waals surface area contributed by atoms with Gasteiger partial charge < -0.3 is 15.4 Å². The molecule has 0 saturated carbocycles. The van der Waals surface area contributed by atoms with Gasteiger partial charge in [-0.2, -0.15) is 0 Å². The van der Waals surface area contributed by atoms with E-state index in [0.717, 1.165) is 12.1 Å². The van der Waals surface area contributed by atoms with Gasteiger partial charge in [0.25, 0.3) is 0 Å². The zero-order chi connectivity index (χ0) is 20.6. The van der Waals surface area contributed by atoms with Crippen LogP contribution in [0.15, 0.2) is 58.4 Å². The topological polar surface area (TPSA) is 79.8 Å². The van der Waals surface area contributed by atoms with E-state index in [0.29, 0.717) is 29.9 Å². The van der Waals surface area contributed by atoms with Crippen LogP contribution in [0.5, 0.6) is 5.75 Å². The molecule has 0 bridgehead atoms. The number of hydrogen-bond donors (Lipinski definition) is 2. The van der Waals surface area contributed by atoms with Crippen LogP contribution in [0.1, 0.15) is 25.5 Å². The molecule has 0 aliphatic heterocycles. The number of guanidine groups is 1. The molecule has 0 spiro atoms. The molecule has 0 fully saturated rings. The Hall–Kier alpha value is -2.25. The molecule has 0 radical (unpaired) electrons. The van der Waals surface area contributed by atoms with Gasteiger partial charge in [-0.3, -0.25) is 0 Å². The van der Waals surface area contributed by atoms with Crippen molar-refractivity contribution < 1.29 is 13.2 Å². The number of rotatable bonds is 8. The molecule has 0 aliphatic rings. The van der Waals surface area contributed by atoms with E-state index in [1.807, 2.05) is 38.1 Å². The predicted molar refractivity (Wildman–Crippen MR) is 114 cm³/mol. The van der Waals surface area contributed by atoms with Crippen molar-refractivity contribution in [1.82, 2.24) is 10.6 Å². The summed E-state index contributed by atoms with van der Waals surface area (Å²) in [5, 5.41) is 7.24. The Balaban J connectivity index is 1.91. The second-order valence-corrected chi connectivity index (χ2v) is 8.66. The molecule has 28 heavy (non-hydrogen) atoms. The van der Waals surface area contributed by atoms with E-state index in [2.05, 4.69) is 15.6 Å². The van der Waals surface area contributed by atoms with E-state index in [9.17, 15) is 8.42 Å². The number of hydrogen-bond acceptors (Lipinski definition) is 4. The summed E-state index contributed by atoms with van der Waals surface area (Å²) >= 11 is 6.26. The third kappa shape index (κ3) is 6.73. The summed E-state index contributed by atoms with van der Waals surface area (Å²) in [6, 6.07) is 14.0. The number of aliphatic imine (C=N–C) groups is 1. The second kappa shape index (κ2) is 10.3. The minimum absolute atomic E-state index is 0.00374. The van der Waals surface area contributed by atoms with Crippen molar-refractivity contribution in [3.05, 3.63) is 59.1 Å².